The van der Waals surface area contributed by atoms with Crippen LogP contribution < -0.4 is 5.73 Å². The molecule has 0 aliphatic carbocycles. The summed E-state index contributed by atoms with van der Waals surface area (Å²) in [7, 11) is 0. The topological polar surface area (TPSA) is 56.7 Å². The fourth-order valence-corrected chi connectivity index (χ4v) is 3.49. The summed E-state index contributed by atoms with van der Waals surface area (Å²) >= 11 is 7.64. The van der Waals surface area contributed by atoms with Gasteiger partial charge in [0.05, 0.1) is 12.6 Å². The van der Waals surface area contributed by atoms with Crippen molar-refractivity contribution in [3.8, 4) is 0 Å². The van der Waals surface area contributed by atoms with Crippen molar-refractivity contribution in [3.05, 3.63) is 76.6 Å². The molecule has 1 atom stereocenters. The number of hydrogen-bond donors (Lipinski definition) is 1. The molecule has 0 amide bonds. The number of nitrogens with two attached hydrogens (primary N) is 1. The Morgan fingerprint density at radius 3 is 2.44 bits per heavy atom. The first-order valence-electron chi connectivity index (χ1n) is 8.27. The Balaban J connectivity index is 1.85. The molecule has 6 heteroatoms. The molecule has 0 saturated carbocycles. The van der Waals surface area contributed by atoms with E-state index in [4.69, 9.17) is 17.3 Å². The summed E-state index contributed by atoms with van der Waals surface area (Å²) in [6.07, 6.45) is 0.695. The van der Waals surface area contributed by atoms with E-state index < -0.39 is 0 Å². The van der Waals surface area contributed by atoms with Crippen LogP contribution in [0.15, 0.2) is 59.8 Å². The van der Waals surface area contributed by atoms with Gasteiger partial charge in [0.1, 0.15) is 0 Å². The van der Waals surface area contributed by atoms with Crippen molar-refractivity contribution in [2.45, 2.75) is 31.1 Å². The van der Waals surface area contributed by atoms with Crippen molar-refractivity contribution in [2.24, 2.45) is 5.73 Å². The highest BCUT2D eigenvalue weighted by Crippen LogP contribution is 2.23. The number of thioether (sulfide) groups is 1. The Morgan fingerprint density at radius 1 is 1.04 bits per heavy atom. The van der Waals surface area contributed by atoms with Crippen LogP contribution in [0.5, 0.6) is 0 Å². The predicted molar refractivity (Wildman–Crippen MR) is 104 cm³/mol. The highest BCUT2D eigenvalue weighted by atomic mass is 35.5. The van der Waals surface area contributed by atoms with E-state index in [0.717, 1.165) is 33.9 Å². The maximum absolute atomic E-state index is 6.46. The zero-order valence-corrected chi connectivity index (χ0v) is 15.7. The van der Waals surface area contributed by atoms with Crippen LogP contribution in [0.25, 0.3) is 0 Å². The lowest BCUT2D eigenvalue weighted by molar-refractivity contribution is 0.588. The van der Waals surface area contributed by atoms with E-state index in [1.165, 1.54) is 5.56 Å². The van der Waals surface area contributed by atoms with Crippen LogP contribution >= 0.6 is 23.4 Å². The van der Waals surface area contributed by atoms with E-state index in [0.29, 0.717) is 6.42 Å². The summed E-state index contributed by atoms with van der Waals surface area (Å²) in [5.41, 5.74) is 8.81. The van der Waals surface area contributed by atoms with E-state index in [1.807, 2.05) is 42.5 Å². The van der Waals surface area contributed by atoms with Crippen LogP contribution in [-0.2, 0) is 13.0 Å². The quantitative estimate of drug-likeness (QED) is 0.627. The van der Waals surface area contributed by atoms with Crippen LogP contribution in [0.2, 0.25) is 5.02 Å². The molecule has 4 nitrogen and oxygen atoms in total. The van der Waals surface area contributed by atoms with Crippen LogP contribution in [0.3, 0.4) is 0 Å². The molecule has 1 unspecified atom stereocenters. The number of hydrogen-bond acceptors (Lipinski definition) is 4. The number of nitrogens with zero attached hydrogens (tertiary/aromatic N) is 3. The fraction of sp³-hybridized carbons (Fsp3) is 0.263. The molecule has 0 radical (unpaired) electrons. The molecule has 3 rings (SSSR count). The Labute approximate surface area is 157 Å². The van der Waals surface area contributed by atoms with Crippen molar-refractivity contribution < 1.29 is 0 Å². The van der Waals surface area contributed by atoms with Crippen molar-refractivity contribution >= 4 is 23.4 Å². The lowest BCUT2D eigenvalue weighted by Crippen LogP contribution is -2.20. The second-order valence-electron chi connectivity index (χ2n) is 5.78. The molecule has 1 aromatic heterocycles. The minimum absolute atomic E-state index is 0.219. The largest absolute Gasteiger partial charge is 0.321 e. The summed E-state index contributed by atoms with van der Waals surface area (Å²) in [6, 6.07) is 17.9. The lowest BCUT2D eigenvalue weighted by Gasteiger charge is -2.15. The SMILES string of the molecule is CCSc1nnc(C(N)Cc2ccc(Cl)cc2)n1Cc1ccccc1. The van der Waals surface area contributed by atoms with Gasteiger partial charge in [-0.1, -0.05) is 72.8 Å². The van der Waals surface area contributed by atoms with E-state index in [1.54, 1.807) is 11.8 Å². The molecule has 0 fully saturated rings. The number of rotatable bonds is 7. The molecule has 2 aromatic carbocycles. The van der Waals surface area contributed by atoms with Crippen molar-refractivity contribution in [1.29, 1.82) is 0 Å². The first-order valence-corrected chi connectivity index (χ1v) is 9.63. The normalized spacial score (nSPS) is 12.3. The average Bonchev–Trinajstić information content (AvgIpc) is 3.01. The van der Waals surface area contributed by atoms with Crippen LogP contribution in [0, 0.1) is 0 Å². The molecule has 3 aromatic rings. The third-order valence-corrected chi connectivity index (χ3v) is 5.00. The van der Waals surface area contributed by atoms with Gasteiger partial charge in [-0.25, -0.2) is 0 Å². The summed E-state index contributed by atoms with van der Waals surface area (Å²) in [6.45, 7) is 2.83. The van der Waals surface area contributed by atoms with E-state index in [2.05, 4.69) is 33.8 Å². The van der Waals surface area contributed by atoms with E-state index >= 15 is 0 Å². The summed E-state index contributed by atoms with van der Waals surface area (Å²) < 4.78 is 2.13. The van der Waals surface area contributed by atoms with Gasteiger partial charge in [-0.05, 0) is 35.4 Å². The Morgan fingerprint density at radius 2 is 1.76 bits per heavy atom. The Kier molecular flexibility index (Phi) is 6.13. The molecule has 0 aliphatic heterocycles. The third kappa shape index (κ3) is 4.63. The maximum Gasteiger partial charge on any atom is 0.191 e. The van der Waals surface area contributed by atoms with Gasteiger partial charge >= 0.3 is 0 Å². The maximum atomic E-state index is 6.46. The van der Waals surface area contributed by atoms with Crippen molar-refractivity contribution in [3.63, 3.8) is 0 Å². The number of halogens is 1. The summed E-state index contributed by atoms with van der Waals surface area (Å²) in [5, 5.41) is 10.4. The number of aromatic nitrogens is 3. The Hall–Kier alpha value is -1.82. The molecular formula is C19H21ClN4S. The van der Waals surface area contributed by atoms with Gasteiger partial charge in [0.15, 0.2) is 11.0 Å². The molecule has 0 spiro atoms. The summed E-state index contributed by atoms with van der Waals surface area (Å²) in [4.78, 5) is 0. The fourth-order valence-electron chi connectivity index (χ4n) is 2.69. The van der Waals surface area contributed by atoms with Crippen LogP contribution in [0.1, 0.15) is 29.9 Å². The average molecular weight is 373 g/mol. The smallest absolute Gasteiger partial charge is 0.191 e. The van der Waals surface area contributed by atoms with E-state index in [-0.39, 0.29) is 6.04 Å². The molecule has 1 heterocycles. The molecular weight excluding hydrogens is 352 g/mol. The first kappa shape index (κ1) is 18.0. The molecule has 0 saturated heterocycles. The molecule has 130 valence electrons. The number of benzene rings is 2. The first-order chi connectivity index (χ1) is 12.2. The zero-order chi connectivity index (χ0) is 17.6. The van der Waals surface area contributed by atoms with Gasteiger partial charge in [0, 0.05) is 5.02 Å². The predicted octanol–water partition coefficient (Wildman–Crippen LogP) is 4.33. The van der Waals surface area contributed by atoms with Gasteiger partial charge in [-0.2, -0.15) is 0 Å². The van der Waals surface area contributed by atoms with Gasteiger partial charge in [0.25, 0.3) is 0 Å². The second-order valence-corrected chi connectivity index (χ2v) is 7.45. The van der Waals surface area contributed by atoms with E-state index in [9.17, 15) is 0 Å². The highest BCUT2D eigenvalue weighted by Gasteiger charge is 2.19. The van der Waals surface area contributed by atoms with Gasteiger partial charge in [-0.15, -0.1) is 10.2 Å². The standard InChI is InChI=1S/C19H21ClN4S/c1-2-25-19-23-22-18(24(19)13-15-6-4-3-5-7-15)17(21)12-14-8-10-16(20)11-9-14/h3-11,17H,2,12-13,21H2,1H3. The van der Waals surface area contributed by atoms with Gasteiger partial charge < -0.3 is 10.3 Å². The molecule has 0 aliphatic rings. The summed E-state index contributed by atoms with van der Waals surface area (Å²) in [5.74, 6) is 1.76. The molecule has 0 bridgehead atoms. The molecule has 2 N–H and O–H groups in total. The molecule has 25 heavy (non-hydrogen) atoms. The lowest BCUT2D eigenvalue weighted by atomic mass is 10.1. The van der Waals surface area contributed by atoms with Crippen molar-refractivity contribution in [2.75, 3.05) is 5.75 Å². The second kappa shape index (κ2) is 8.52. The highest BCUT2D eigenvalue weighted by molar-refractivity contribution is 7.99. The third-order valence-electron chi connectivity index (χ3n) is 3.90. The zero-order valence-electron chi connectivity index (χ0n) is 14.1. The van der Waals surface area contributed by atoms with Gasteiger partial charge in [-0.3, -0.25) is 0 Å². The van der Waals surface area contributed by atoms with Crippen LogP contribution in [-0.4, -0.2) is 20.5 Å². The van der Waals surface area contributed by atoms with Crippen molar-refractivity contribution in [1.82, 2.24) is 14.8 Å². The Bertz CT molecular complexity index is 802. The van der Waals surface area contributed by atoms with Gasteiger partial charge in [0.2, 0.25) is 0 Å². The monoisotopic (exact) mass is 372 g/mol. The minimum Gasteiger partial charge on any atom is -0.321 e. The minimum atomic E-state index is -0.219. The van der Waals surface area contributed by atoms with Crippen LogP contribution in [0.4, 0.5) is 0 Å².